The molecule has 3 rings (SSSR count). The van der Waals surface area contributed by atoms with Crippen LogP contribution < -0.4 is 15.5 Å². The summed E-state index contributed by atoms with van der Waals surface area (Å²) in [6, 6.07) is 14.8. The molecular weight excluding hydrogens is 452 g/mol. The van der Waals surface area contributed by atoms with E-state index in [0.29, 0.717) is 10.7 Å². The molecule has 11 heteroatoms. The van der Waals surface area contributed by atoms with Crippen LogP contribution in [-0.2, 0) is 0 Å². The first-order chi connectivity index (χ1) is 15.8. The molecule has 0 aliphatic rings. The summed E-state index contributed by atoms with van der Waals surface area (Å²) in [6.45, 7) is 0. The van der Waals surface area contributed by atoms with Crippen molar-refractivity contribution in [1.29, 1.82) is 0 Å². The van der Waals surface area contributed by atoms with Crippen molar-refractivity contribution in [3.8, 4) is 11.5 Å². The van der Waals surface area contributed by atoms with Crippen molar-refractivity contribution in [1.82, 2.24) is 5.43 Å². The van der Waals surface area contributed by atoms with Gasteiger partial charge in [-0.05, 0) is 30.3 Å². The third-order valence-corrected chi connectivity index (χ3v) is 4.72. The lowest BCUT2D eigenvalue weighted by molar-refractivity contribution is -0.385. The van der Waals surface area contributed by atoms with Crippen LogP contribution in [0.2, 0.25) is 5.02 Å². The Labute approximate surface area is 192 Å². The van der Waals surface area contributed by atoms with Crippen LogP contribution in [0.3, 0.4) is 0 Å². The quantitative estimate of drug-likeness (QED) is 0.272. The van der Waals surface area contributed by atoms with E-state index in [2.05, 4.69) is 15.8 Å². The molecular formula is C22H17ClN4O6. The van der Waals surface area contributed by atoms with Crippen LogP contribution >= 0.6 is 11.6 Å². The monoisotopic (exact) mass is 468 g/mol. The maximum Gasteiger partial charge on any atom is 0.274 e. The third-order valence-electron chi connectivity index (χ3n) is 4.39. The summed E-state index contributed by atoms with van der Waals surface area (Å²) in [5.74, 6) is -1.53. The molecule has 0 heterocycles. The number of benzene rings is 3. The smallest absolute Gasteiger partial charge is 0.274 e. The Kier molecular flexibility index (Phi) is 7.21. The fourth-order valence-corrected chi connectivity index (χ4v) is 3.00. The molecule has 2 amide bonds. The number of rotatable bonds is 7. The number of nitro benzene ring substituents is 1. The zero-order valence-electron chi connectivity index (χ0n) is 17.1. The summed E-state index contributed by atoms with van der Waals surface area (Å²) in [4.78, 5) is 35.2. The first-order valence-electron chi connectivity index (χ1n) is 9.35. The summed E-state index contributed by atoms with van der Waals surface area (Å²) < 4.78 is 4.91. The molecule has 3 aromatic carbocycles. The number of ether oxygens (including phenoxy) is 1. The number of aromatic hydroxyl groups is 1. The van der Waals surface area contributed by atoms with E-state index in [9.17, 15) is 24.8 Å². The fourth-order valence-electron chi connectivity index (χ4n) is 2.78. The van der Waals surface area contributed by atoms with Crippen LogP contribution in [0.1, 0.15) is 26.3 Å². The predicted molar refractivity (Wildman–Crippen MR) is 122 cm³/mol. The number of phenols is 1. The third kappa shape index (κ3) is 5.63. The number of non-ortho nitro benzene ring substituents is 1. The van der Waals surface area contributed by atoms with Gasteiger partial charge in [-0.2, -0.15) is 5.10 Å². The number of anilines is 1. The molecule has 3 aromatic rings. The zero-order valence-corrected chi connectivity index (χ0v) is 17.9. The molecule has 0 fully saturated rings. The van der Waals surface area contributed by atoms with Gasteiger partial charge in [0, 0.05) is 22.9 Å². The molecule has 33 heavy (non-hydrogen) atoms. The number of nitro groups is 1. The van der Waals surface area contributed by atoms with E-state index in [1.807, 2.05) is 0 Å². The summed E-state index contributed by atoms with van der Waals surface area (Å²) >= 11 is 6.03. The highest BCUT2D eigenvalue weighted by Gasteiger charge is 2.16. The maximum absolute atomic E-state index is 12.4. The van der Waals surface area contributed by atoms with Gasteiger partial charge in [0.1, 0.15) is 0 Å². The average Bonchev–Trinajstić information content (AvgIpc) is 2.80. The number of phenolic OH excluding ortho intramolecular Hbond substituents is 1. The number of hydrogen-bond acceptors (Lipinski definition) is 7. The van der Waals surface area contributed by atoms with Crippen molar-refractivity contribution < 1.29 is 24.4 Å². The van der Waals surface area contributed by atoms with Crippen LogP contribution in [-0.4, -0.2) is 35.2 Å². The van der Waals surface area contributed by atoms with Crippen LogP contribution in [0.15, 0.2) is 65.8 Å². The number of carbonyl (C=O) groups excluding carboxylic acids is 2. The van der Waals surface area contributed by atoms with E-state index in [1.165, 1.54) is 19.2 Å². The maximum atomic E-state index is 12.4. The molecule has 0 aliphatic heterocycles. The van der Waals surface area contributed by atoms with Crippen molar-refractivity contribution in [2.75, 3.05) is 12.4 Å². The van der Waals surface area contributed by atoms with Gasteiger partial charge in [-0.25, -0.2) is 5.43 Å². The number of amides is 2. The van der Waals surface area contributed by atoms with E-state index in [1.54, 1.807) is 36.4 Å². The Morgan fingerprint density at radius 3 is 2.58 bits per heavy atom. The SMILES string of the molecule is COc1cc([N+](=O)[O-])cc(C=NNC(=O)c2cccc(NC(=O)c3ccccc3Cl)c2)c1O. The lowest BCUT2D eigenvalue weighted by Gasteiger charge is -2.08. The van der Waals surface area contributed by atoms with Gasteiger partial charge in [-0.3, -0.25) is 19.7 Å². The molecule has 0 bridgehead atoms. The van der Waals surface area contributed by atoms with Crippen LogP contribution in [0.5, 0.6) is 11.5 Å². The molecule has 0 saturated heterocycles. The number of nitrogens with zero attached hydrogens (tertiary/aromatic N) is 2. The molecule has 10 nitrogen and oxygen atoms in total. The number of carbonyl (C=O) groups is 2. The number of methoxy groups -OCH3 is 1. The lowest BCUT2D eigenvalue weighted by atomic mass is 10.1. The van der Waals surface area contributed by atoms with Gasteiger partial charge >= 0.3 is 0 Å². The Hall–Kier alpha value is -4.44. The highest BCUT2D eigenvalue weighted by molar-refractivity contribution is 6.34. The van der Waals surface area contributed by atoms with Gasteiger partial charge in [0.2, 0.25) is 0 Å². The second-order valence-corrected chi connectivity index (χ2v) is 6.96. The Morgan fingerprint density at radius 2 is 1.88 bits per heavy atom. The average molecular weight is 469 g/mol. The Bertz CT molecular complexity index is 1260. The van der Waals surface area contributed by atoms with Gasteiger partial charge in [0.05, 0.1) is 34.9 Å². The molecule has 168 valence electrons. The van der Waals surface area contributed by atoms with Gasteiger partial charge in [0.25, 0.3) is 17.5 Å². The second-order valence-electron chi connectivity index (χ2n) is 6.56. The summed E-state index contributed by atoms with van der Waals surface area (Å²) in [7, 11) is 1.25. The normalized spacial score (nSPS) is 10.6. The molecule has 0 unspecified atom stereocenters. The highest BCUT2D eigenvalue weighted by Crippen LogP contribution is 2.33. The summed E-state index contributed by atoms with van der Waals surface area (Å²) in [6.07, 6.45) is 1.05. The van der Waals surface area contributed by atoms with Crippen molar-refractivity contribution in [2.45, 2.75) is 0 Å². The highest BCUT2D eigenvalue weighted by atomic mass is 35.5. The first kappa shape index (κ1) is 23.2. The topological polar surface area (TPSA) is 143 Å². The fraction of sp³-hybridized carbons (Fsp3) is 0.0455. The lowest BCUT2D eigenvalue weighted by Crippen LogP contribution is -2.18. The van der Waals surface area contributed by atoms with Gasteiger partial charge in [-0.1, -0.05) is 29.8 Å². The molecule has 0 radical (unpaired) electrons. The molecule has 0 atom stereocenters. The minimum atomic E-state index is -0.652. The van der Waals surface area contributed by atoms with Gasteiger partial charge < -0.3 is 15.2 Å². The van der Waals surface area contributed by atoms with E-state index >= 15 is 0 Å². The summed E-state index contributed by atoms with van der Waals surface area (Å²) in [5.41, 5.74) is 2.74. The van der Waals surface area contributed by atoms with Crippen molar-refractivity contribution in [2.24, 2.45) is 5.10 Å². The van der Waals surface area contributed by atoms with Crippen molar-refractivity contribution in [3.63, 3.8) is 0 Å². The van der Waals surface area contributed by atoms with Crippen LogP contribution in [0.25, 0.3) is 0 Å². The predicted octanol–water partition coefficient (Wildman–Crippen LogP) is 3.98. The molecule has 0 aliphatic carbocycles. The molecule has 0 aromatic heterocycles. The standard InChI is InChI=1S/C22H17ClN4O6/c1-33-19-11-16(27(31)32)10-14(20(19)28)12-24-26-21(29)13-5-4-6-15(9-13)25-22(30)17-7-2-3-8-18(17)23/h2-12,28H,1H3,(H,25,30)(H,26,29). The Balaban J connectivity index is 1.72. The van der Waals surface area contributed by atoms with E-state index in [4.69, 9.17) is 16.3 Å². The van der Waals surface area contributed by atoms with E-state index in [0.717, 1.165) is 18.3 Å². The van der Waals surface area contributed by atoms with Gasteiger partial charge in [0.15, 0.2) is 11.5 Å². The van der Waals surface area contributed by atoms with E-state index < -0.39 is 16.7 Å². The van der Waals surface area contributed by atoms with Crippen molar-refractivity contribution >= 4 is 41.0 Å². The largest absolute Gasteiger partial charge is 0.504 e. The Morgan fingerprint density at radius 1 is 1.12 bits per heavy atom. The van der Waals surface area contributed by atoms with Crippen LogP contribution in [0, 0.1) is 10.1 Å². The molecule has 0 saturated carbocycles. The minimum Gasteiger partial charge on any atom is -0.504 e. The molecule has 3 N–H and O–H groups in total. The minimum absolute atomic E-state index is 0.0258. The second kappa shape index (κ2) is 10.2. The van der Waals surface area contributed by atoms with Crippen LogP contribution in [0.4, 0.5) is 11.4 Å². The number of halogens is 1. The molecule has 0 spiro atoms. The van der Waals surface area contributed by atoms with Crippen molar-refractivity contribution in [3.05, 3.63) is 92.5 Å². The number of nitrogens with one attached hydrogen (secondary N) is 2. The summed E-state index contributed by atoms with van der Waals surface area (Å²) in [5, 5.41) is 27.8. The number of hydrogen-bond donors (Lipinski definition) is 3. The van der Waals surface area contributed by atoms with Gasteiger partial charge in [-0.15, -0.1) is 0 Å². The zero-order chi connectivity index (χ0) is 24.0. The van der Waals surface area contributed by atoms with E-state index in [-0.39, 0.29) is 33.9 Å². The first-order valence-corrected chi connectivity index (χ1v) is 9.72. The number of hydrazone groups is 1.